The summed E-state index contributed by atoms with van der Waals surface area (Å²) in [6.45, 7) is 2.80. The lowest BCUT2D eigenvalue weighted by molar-refractivity contribution is -0.117. The lowest BCUT2D eigenvalue weighted by Gasteiger charge is -2.14. The summed E-state index contributed by atoms with van der Waals surface area (Å²) in [5, 5.41) is 12.3. The Labute approximate surface area is 201 Å². The number of hydrogen-bond acceptors (Lipinski definition) is 4. The molecule has 0 atom stereocenters. The maximum absolute atomic E-state index is 12.5. The lowest BCUT2D eigenvalue weighted by atomic mass is 10.1. The van der Waals surface area contributed by atoms with E-state index in [9.17, 15) is 10.1 Å². The molecular formula is C26H23IN2O3. The highest BCUT2D eigenvalue weighted by Gasteiger charge is 2.14. The number of carbonyl (C=O) groups is 1. The molecule has 5 nitrogen and oxygen atoms in total. The first kappa shape index (κ1) is 23.4. The molecule has 0 radical (unpaired) electrons. The van der Waals surface area contributed by atoms with Crippen LogP contribution in [0, 0.1) is 21.8 Å². The highest BCUT2D eigenvalue weighted by atomic mass is 127. The fourth-order valence-corrected chi connectivity index (χ4v) is 3.89. The van der Waals surface area contributed by atoms with Gasteiger partial charge in [-0.05, 0) is 64.4 Å². The van der Waals surface area contributed by atoms with Crippen LogP contribution in [0.3, 0.4) is 0 Å². The van der Waals surface area contributed by atoms with Crippen molar-refractivity contribution in [3.63, 3.8) is 0 Å². The fraction of sp³-hybridized carbons (Fsp3) is 0.154. The molecule has 0 aliphatic carbocycles. The van der Waals surface area contributed by atoms with E-state index in [1.165, 1.54) is 5.56 Å². The van der Waals surface area contributed by atoms with E-state index in [2.05, 4.69) is 34.0 Å². The first-order valence-electron chi connectivity index (χ1n) is 10.00. The van der Waals surface area contributed by atoms with Crippen molar-refractivity contribution in [1.29, 1.82) is 5.26 Å². The van der Waals surface area contributed by atoms with Crippen molar-refractivity contribution >= 4 is 34.6 Å². The van der Waals surface area contributed by atoms with Crippen LogP contribution in [-0.2, 0) is 17.9 Å². The Hall–Kier alpha value is -3.31. The number of aryl methyl sites for hydroxylation is 1. The molecule has 0 spiro atoms. The van der Waals surface area contributed by atoms with Gasteiger partial charge < -0.3 is 14.8 Å². The molecule has 0 aliphatic heterocycles. The van der Waals surface area contributed by atoms with E-state index in [0.29, 0.717) is 30.2 Å². The van der Waals surface area contributed by atoms with Gasteiger partial charge in [0.25, 0.3) is 5.91 Å². The van der Waals surface area contributed by atoms with Crippen LogP contribution in [0.25, 0.3) is 6.08 Å². The molecule has 32 heavy (non-hydrogen) atoms. The molecule has 1 N–H and O–H groups in total. The van der Waals surface area contributed by atoms with Gasteiger partial charge in [-0.15, -0.1) is 0 Å². The van der Waals surface area contributed by atoms with E-state index < -0.39 is 5.91 Å². The summed E-state index contributed by atoms with van der Waals surface area (Å²) in [6.07, 6.45) is 1.55. The standard InChI is InChI=1S/C26H23IN2O3/c1-18-7-6-10-20(11-18)17-32-25-23(27)13-21(14-24(25)31-2)12-22(15-28)26(30)29-16-19-8-4-3-5-9-19/h3-14H,16-17H2,1-2H3,(H,29,30)/b22-12-. The quantitative estimate of drug-likeness (QED) is 0.237. The molecule has 0 unspecified atom stereocenters. The molecule has 3 rings (SSSR count). The van der Waals surface area contributed by atoms with Crippen molar-refractivity contribution in [2.75, 3.05) is 7.11 Å². The van der Waals surface area contributed by atoms with E-state index in [1.54, 1.807) is 19.3 Å². The molecule has 0 aliphatic rings. The van der Waals surface area contributed by atoms with Crippen LogP contribution in [-0.4, -0.2) is 13.0 Å². The van der Waals surface area contributed by atoms with Gasteiger partial charge in [0.2, 0.25) is 0 Å². The summed E-state index contributed by atoms with van der Waals surface area (Å²) >= 11 is 2.17. The van der Waals surface area contributed by atoms with Gasteiger partial charge in [-0.3, -0.25) is 4.79 Å². The van der Waals surface area contributed by atoms with Crippen LogP contribution in [0.2, 0.25) is 0 Å². The van der Waals surface area contributed by atoms with E-state index in [4.69, 9.17) is 9.47 Å². The summed E-state index contributed by atoms with van der Waals surface area (Å²) in [5.74, 6) is 0.738. The largest absolute Gasteiger partial charge is 0.493 e. The van der Waals surface area contributed by atoms with Gasteiger partial charge in [0.1, 0.15) is 18.2 Å². The topological polar surface area (TPSA) is 71.3 Å². The van der Waals surface area contributed by atoms with Crippen LogP contribution in [0.5, 0.6) is 11.5 Å². The number of nitrogens with one attached hydrogen (secondary N) is 1. The molecule has 0 bridgehead atoms. The lowest BCUT2D eigenvalue weighted by Crippen LogP contribution is -2.23. The first-order chi connectivity index (χ1) is 15.5. The molecule has 162 valence electrons. The SMILES string of the molecule is COc1cc(/C=C(/C#N)C(=O)NCc2ccccc2)cc(I)c1OCc1cccc(C)c1. The number of hydrogen-bond donors (Lipinski definition) is 1. The number of halogens is 1. The zero-order valence-corrected chi connectivity index (χ0v) is 20.0. The number of ether oxygens (including phenoxy) is 2. The van der Waals surface area contributed by atoms with Crippen molar-refractivity contribution in [1.82, 2.24) is 5.32 Å². The van der Waals surface area contributed by atoms with E-state index in [0.717, 1.165) is 14.7 Å². The fourth-order valence-electron chi connectivity index (χ4n) is 3.11. The number of rotatable bonds is 8. The minimum absolute atomic E-state index is 0.0206. The second-order valence-electron chi connectivity index (χ2n) is 7.15. The monoisotopic (exact) mass is 538 g/mol. The Kier molecular flexibility index (Phi) is 8.28. The smallest absolute Gasteiger partial charge is 0.262 e. The third-order valence-electron chi connectivity index (χ3n) is 4.69. The van der Waals surface area contributed by atoms with Crippen molar-refractivity contribution in [2.45, 2.75) is 20.1 Å². The van der Waals surface area contributed by atoms with Gasteiger partial charge in [0, 0.05) is 6.54 Å². The molecule has 0 saturated carbocycles. The second-order valence-corrected chi connectivity index (χ2v) is 8.31. The number of nitrogens with zero attached hydrogens (tertiary/aromatic N) is 1. The summed E-state index contributed by atoms with van der Waals surface area (Å²) < 4.78 is 12.4. The van der Waals surface area contributed by atoms with Gasteiger partial charge in [0.05, 0.1) is 10.7 Å². The Bertz CT molecular complexity index is 1170. The summed E-state index contributed by atoms with van der Waals surface area (Å²) in [4.78, 5) is 12.5. The van der Waals surface area contributed by atoms with E-state index in [1.807, 2.05) is 67.6 Å². The molecule has 6 heteroatoms. The predicted molar refractivity (Wildman–Crippen MR) is 133 cm³/mol. The van der Waals surface area contributed by atoms with Crippen molar-refractivity contribution in [3.8, 4) is 17.6 Å². The molecule has 1 amide bonds. The molecule has 0 fully saturated rings. The number of benzene rings is 3. The van der Waals surface area contributed by atoms with Crippen LogP contribution >= 0.6 is 22.6 Å². The normalized spacial score (nSPS) is 10.9. The maximum atomic E-state index is 12.5. The van der Waals surface area contributed by atoms with E-state index in [-0.39, 0.29) is 5.57 Å². The van der Waals surface area contributed by atoms with Gasteiger partial charge in [-0.1, -0.05) is 60.2 Å². The predicted octanol–water partition coefficient (Wildman–Crippen LogP) is 5.41. The zero-order chi connectivity index (χ0) is 22.9. The minimum atomic E-state index is -0.426. The third kappa shape index (κ3) is 6.34. The van der Waals surface area contributed by atoms with Crippen molar-refractivity contribution in [3.05, 3.63) is 98.1 Å². The first-order valence-corrected chi connectivity index (χ1v) is 11.1. The number of methoxy groups -OCH3 is 1. The Balaban J connectivity index is 1.76. The van der Waals surface area contributed by atoms with Crippen molar-refractivity contribution < 1.29 is 14.3 Å². The van der Waals surface area contributed by atoms with Crippen molar-refractivity contribution in [2.24, 2.45) is 0 Å². The zero-order valence-electron chi connectivity index (χ0n) is 17.9. The average molecular weight is 538 g/mol. The molecule has 0 aromatic heterocycles. The third-order valence-corrected chi connectivity index (χ3v) is 5.49. The van der Waals surface area contributed by atoms with Crippen LogP contribution in [0.15, 0.2) is 72.3 Å². The molecule has 3 aromatic carbocycles. The minimum Gasteiger partial charge on any atom is -0.493 e. The Morgan fingerprint density at radius 3 is 2.53 bits per heavy atom. The number of nitriles is 1. The summed E-state index contributed by atoms with van der Waals surface area (Å²) in [6, 6.07) is 23.3. The van der Waals surface area contributed by atoms with E-state index >= 15 is 0 Å². The Morgan fingerprint density at radius 2 is 1.84 bits per heavy atom. The van der Waals surface area contributed by atoms with Crippen LogP contribution in [0.4, 0.5) is 0 Å². The number of carbonyl (C=O) groups excluding carboxylic acids is 1. The highest BCUT2D eigenvalue weighted by Crippen LogP contribution is 2.35. The van der Waals surface area contributed by atoms with Gasteiger partial charge in [0.15, 0.2) is 11.5 Å². The summed E-state index contributed by atoms with van der Waals surface area (Å²) in [5.41, 5.74) is 3.90. The van der Waals surface area contributed by atoms with Gasteiger partial charge in [-0.2, -0.15) is 5.26 Å². The highest BCUT2D eigenvalue weighted by molar-refractivity contribution is 14.1. The maximum Gasteiger partial charge on any atom is 0.262 e. The molecule has 0 heterocycles. The van der Waals surface area contributed by atoms with Gasteiger partial charge >= 0.3 is 0 Å². The van der Waals surface area contributed by atoms with Gasteiger partial charge in [-0.25, -0.2) is 0 Å². The van der Waals surface area contributed by atoms with Crippen LogP contribution in [0.1, 0.15) is 22.3 Å². The summed E-state index contributed by atoms with van der Waals surface area (Å²) in [7, 11) is 1.57. The molecular weight excluding hydrogens is 515 g/mol. The number of amides is 1. The molecule has 0 saturated heterocycles. The Morgan fingerprint density at radius 1 is 1.09 bits per heavy atom. The van der Waals surface area contributed by atoms with Crippen LogP contribution < -0.4 is 14.8 Å². The second kappa shape index (κ2) is 11.3. The average Bonchev–Trinajstić information content (AvgIpc) is 2.80. The molecule has 3 aromatic rings.